The highest BCUT2D eigenvalue weighted by Gasteiger charge is 2.31. The summed E-state index contributed by atoms with van der Waals surface area (Å²) in [7, 11) is -3.63. The van der Waals surface area contributed by atoms with Crippen LogP contribution in [0.25, 0.3) is 10.4 Å². The van der Waals surface area contributed by atoms with Crippen LogP contribution in [0.1, 0.15) is 20.8 Å². The lowest BCUT2D eigenvalue weighted by Gasteiger charge is -2.19. The van der Waals surface area contributed by atoms with Gasteiger partial charge in [0.2, 0.25) is 0 Å². The fourth-order valence-corrected chi connectivity index (χ4v) is 2.87. The second-order valence-corrected chi connectivity index (χ2v) is 5.06. The van der Waals surface area contributed by atoms with E-state index < -0.39 is 14.2 Å². The Hall–Kier alpha value is -1.10. The third kappa shape index (κ3) is 4.64. The Kier molecular flexibility index (Phi) is 8.37. The number of azide groups is 1. The molecule has 0 bridgehead atoms. The number of aliphatic hydroxyl groups excluding tert-OH is 1. The summed E-state index contributed by atoms with van der Waals surface area (Å²) < 4.78 is 22.6. The van der Waals surface area contributed by atoms with E-state index in [1.807, 2.05) is 0 Å². The van der Waals surface area contributed by atoms with Gasteiger partial charge in [-0.15, -0.1) is 0 Å². The number of hydrogen-bond acceptors (Lipinski definition) is 5. The fourth-order valence-electron chi connectivity index (χ4n) is 1.23. The van der Waals surface area contributed by atoms with Crippen LogP contribution in [0.15, 0.2) is 28.3 Å². The third-order valence-electron chi connectivity index (χ3n) is 1.85. The third-order valence-corrected chi connectivity index (χ3v) is 4.08. The molecule has 1 N–H and O–H groups in total. The van der Waals surface area contributed by atoms with Gasteiger partial charge in [0, 0.05) is 4.91 Å². The maximum atomic E-state index is 12.5. The monoisotopic (exact) mass is 275 g/mol. The lowest BCUT2D eigenvalue weighted by atomic mass is 10.4. The first-order valence-corrected chi connectivity index (χ1v) is 7.05. The molecule has 0 radical (unpaired) electrons. The van der Waals surface area contributed by atoms with Gasteiger partial charge in [-0.2, -0.15) is 0 Å². The number of nitrogens with zero attached hydrogens (tertiary/aromatic N) is 3. The van der Waals surface area contributed by atoms with Crippen LogP contribution in [0, 0.1) is 0 Å². The van der Waals surface area contributed by atoms with Gasteiger partial charge in [0.05, 0.1) is 30.8 Å². The van der Waals surface area contributed by atoms with Crippen molar-refractivity contribution in [1.29, 1.82) is 0 Å². The van der Waals surface area contributed by atoms with E-state index >= 15 is 0 Å². The van der Waals surface area contributed by atoms with Crippen LogP contribution in [0.5, 0.6) is 0 Å². The molecule has 18 heavy (non-hydrogen) atoms. The predicted molar refractivity (Wildman–Crippen MR) is 68.9 cm³/mol. The minimum absolute atomic E-state index is 0.0397. The SMILES string of the molecule is C/C=C/C(N=[N+]=[N-])=C(\CO)P(=O)(OCC)OCC. The summed E-state index contributed by atoms with van der Waals surface area (Å²) in [5.74, 6) is 0. The average molecular weight is 275 g/mol. The van der Waals surface area contributed by atoms with E-state index in [0.717, 1.165) is 0 Å². The Labute approximate surface area is 106 Å². The predicted octanol–water partition coefficient (Wildman–Crippen LogP) is 3.34. The number of hydrogen-bond donors (Lipinski definition) is 1. The van der Waals surface area contributed by atoms with Gasteiger partial charge in [-0.05, 0) is 26.3 Å². The van der Waals surface area contributed by atoms with E-state index in [1.165, 1.54) is 6.08 Å². The Morgan fingerprint density at radius 1 is 1.44 bits per heavy atom. The van der Waals surface area contributed by atoms with Crippen molar-refractivity contribution in [2.24, 2.45) is 5.11 Å². The van der Waals surface area contributed by atoms with Crippen molar-refractivity contribution < 1.29 is 18.7 Å². The van der Waals surface area contributed by atoms with E-state index in [-0.39, 0.29) is 24.2 Å². The molecule has 0 aromatic heterocycles. The van der Waals surface area contributed by atoms with Crippen molar-refractivity contribution in [3.63, 3.8) is 0 Å². The normalized spacial score (nSPS) is 13.3. The summed E-state index contributed by atoms with van der Waals surface area (Å²) in [4.78, 5) is 2.63. The largest absolute Gasteiger partial charge is 0.391 e. The van der Waals surface area contributed by atoms with E-state index in [0.29, 0.717) is 0 Å². The van der Waals surface area contributed by atoms with Crippen LogP contribution in [0.2, 0.25) is 0 Å². The highest BCUT2D eigenvalue weighted by molar-refractivity contribution is 7.58. The lowest BCUT2D eigenvalue weighted by Crippen LogP contribution is -2.04. The zero-order chi connectivity index (χ0) is 14.0. The summed E-state index contributed by atoms with van der Waals surface area (Å²) in [6, 6.07) is 0. The summed E-state index contributed by atoms with van der Waals surface area (Å²) in [6.07, 6.45) is 3.04. The fraction of sp³-hybridized carbons (Fsp3) is 0.600. The van der Waals surface area contributed by atoms with E-state index in [9.17, 15) is 9.67 Å². The standard InChI is InChI=1S/C10H18N3O4P/c1-4-7-9(12-13-11)10(8-14)18(15,16-5-2)17-6-3/h4,7,14H,5-6,8H2,1-3H3/b7-4+,10-9-. The van der Waals surface area contributed by atoms with Crippen molar-refractivity contribution in [2.75, 3.05) is 19.8 Å². The van der Waals surface area contributed by atoms with Gasteiger partial charge in [-0.25, -0.2) is 0 Å². The molecule has 102 valence electrons. The first-order chi connectivity index (χ1) is 8.59. The van der Waals surface area contributed by atoms with Crippen molar-refractivity contribution in [1.82, 2.24) is 0 Å². The lowest BCUT2D eigenvalue weighted by molar-refractivity contribution is 0.220. The molecule has 0 saturated carbocycles. The van der Waals surface area contributed by atoms with E-state index in [2.05, 4.69) is 10.0 Å². The van der Waals surface area contributed by atoms with Crippen LogP contribution >= 0.6 is 7.60 Å². The van der Waals surface area contributed by atoms with Gasteiger partial charge >= 0.3 is 7.60 Å². The maximum absolute atomic E-state index is 12.5. The van der Waals surface area contributed by atoms with E-state index in [4.69, 9.17) is 14.6 Å². The molecule has 0 rings (SSSR count). The second kappa shape index (κ2) is 8.91. The Morgan fingerprint density at radius 2 is 2.00 bits per heavy atom. The minimum atomic E-state index is -3.63. The zero-order valence-corrected chi connectivity index (χ0v) is 11.6. The first-order valence-electron chi connectivity index (χ1n) is 5.51. The van der Waals surface area contributed by atoms with Gasteiger partial charge in [0.1, 0.15) is 0 Å². The van der Waals surface area contributed by atoms with Crippen molar-refractivity contribution in [3.05, 3.63) is 33.6 Å². The second-order valence-electron chi connectivity index (χ2n) is 3.01. The quantitative estimate of drug-likeness (QED) is 0.241. The highest BCUT2D eigenvalue weighted by Crippen LogP contribution is 2.57. The molecule has 0 fully saturated rings. The van der Waals surface area contributed by atoms with Crippen molar-refractivity contribution in [3.8, 4) is 0 Å². The van der Waals surface area contributed by atoms with Crippen molar-refractivity contribution in [2.45, 2.75) is 20.8 Å². The molecule has 0 spiro atoms. The van der Waals surface area contributed by atoms with Gasteiger partial charge < -0.3 is 14.2 Å². The van der Waals surface area contributed by atoms with Crippen LogP contribution in [0.4, 0.5) is 0 Å². The summed E-state index contributed by atoms with van der Waals surface area (Å²) in [6.45, 7) is 4.75. The molecule has 8 heteroatoms. The zero-order valence-electron chi connectivity index (χ0n) is 10.7. The van der Waals surface area contributed by atoms with Gasteiger partial charge in [-0.3, -0.25) is 4.57 Å². The first kappa shape index (κ1) is 16.9. The Balaban J connectivity index is 5.78. The molecule has 0 aliphatic heterocycles. The molecular formula is C10H18N3O4P. The van der Waals surface area contributed by atoms with Crippen LogP contribution < -0.4 is 0 Å². The molecule has 0 aromatic carbocycles. The number of rotatable bonds is 8. The Bertz CT molecular complexity index is 403. The average Bonchev–Trinajstić information content (AvgIpc) is 2.31. The molecule has 0 atom stereocenters. The highest BCUT2D eigenvalue weighted by atomic mass is 31.2. The summed E-state index contributed by atoms with van der Waals surface area (Å²) in [5.41, 5.74) is 8.52. The topological polar surface area (TPSA) is 105 Å². The van der Waals surface area contributed by atoms with Crippen LogP contribution in [-0.4, -0.2) is 24.9 Å². The van der Waals surface area contributed by atoms with Crippen molar-refractivity contribution >= 4 is 7.60 Å². The molecule has 0 aliphatic rings. The molecule has 7 nitrogen and oxygen atoms in total. The van der Waals surface area contributed by atoms with Gasteiger partial charge in [-0.1, -0.05) is 17.3 Å². The smallest absolute Gasteiger partial charge is 0.360 e. The van der Waals surface area contributed by atoms with Gasteiger partial charge in [0.25, 0.3) is 0 Å². The summed E-state index contributed by atoms with van der Waals surface area (Å²) in [5, 5.41) is 12.7. The molecular weight excluding hydrogens is 257 g/mol. The maximum Gasteiger partial charge on any atom is 0.360 e. The van der Waals surface area contributed by atoms with Gasteiger partial charge in [0.15, 0.2) is 0 Å². The Morgan fingerprint density at radius 3 is 2.33 bits per heavy atom. The molecule has 0 heterocycles. The van der Waals surface area contributed by atoms with Crippen LogP contribution in [0.3, 0.4) is 0 Å². The molecule has 0 aliphatic carbocycles. The molecule has 0 aromatic rings. The summed E-state index contributed by atoms with van der Waals surface area (Å²) >= 11 is 0. The number of allylic oxidation sites excluding steroid dienone is 2. The minimum Gasteiger partial charge on any atom is -0.391 e. The number of aliphatic hydroxyl groups is 1. The molecule has 0 saturated heterocycles. The molecule has 0 amide bonds. The van der Waals surface area contributed by atoms with Crippen LogP contribution in [-0.2, 0) is 13.6 Å². The molecule has 0 unspecified atom stereocenters. The van der Waals surface area contributed by atoms with E-state index in [1.54, 1.807) is 26.8 Å².